The molecule has 31 heavy (non-hydrogen) atoms. The maximum atomic E-state index is 13.0. The van der Waals surface area contributed by atoms with Gasteiger partial charge in [0, 0.05) is 38.0 Å². The molecule has 0 aliphatic rings. The van der Waals surface area contributed by atoms with E-state index in [1.54, 1.807) is 19.5 Å². The van der Waals surface area contributed by atoms with Gasteiger partial charge in [-0.3, -0.25) is 9.78 Å². The van der Waals surface area contributed by atoms with Crippen molar-refractivity contribution in [2.75, 3.05) is 13.7 Å². The molecule has 2 aromatic carbocycles. The third kappa shape index (κ3) is 4.92. The first kappa shape index (κ1) is 20.6. The quantitative estimate of drug-likeness (QED) is 0.445. The topological polar surface area (TPSA) is 65.4 Å². The van der Waals surface area contributed by atoms with Crippen LogP contribution >= 0.6 is 0 Å². The van der Waals surface area contributed by atoms with Crippen LogP contribution in [-0.4, -0.2) is 29.2 Å². The van der Waals surface area contributed by atoms with Gasteiger partial charge in [-0.05, 0) is 35.4 Å². The number of nitrogens with zero attached hydrogens (tertiary/aromatic N) is 2. The number of rotatable bonds is 9. The van der Waals surface area contributed by atoms with Crippen molar-refractivity contribution in [1.29, 1.82) is 0 Å². The van der Waals surface area contributed by atoms with Crippen LogP contribution < -0.4 is 10.1 Å². The molecule has 0 aliphatic heterocycles. The predicted octanol–water partition coefficient (Wildman–Crippen LogP) is 4.19. The Morgan fingerprint density at radius 1 is 1.03 bits per heavy atom. The average molecular weight is 415 g/mol. The Morgan fingerprint density at radius 3 is 2.65 bits per heavy atom. The van der Waals surface area contributed by atoms with Gasteiger partial charge in [0.05, 0.1) is 12.1 Å². The minimum absolute atomic E-state index is 0.148. The monoisotopic (exact) mass is 415 g/mol. The number of benzene rings is 2. The first-order valence-corrected chi connectivity index (χ1v) is 10.2. The van der Waals surface area contributed by atoms with Crippen molar-refractivity contribution in [2.24, 2.45) is 0 Å². The Kier molecular flexibility index (Phi) is 6.59. The smallest absolute Gasteiger partial charge is 0.268 e. The Balaban J connectivity index is 1.61. The lowest BCUT2D eigenvalue weighted by molar-refractivity contribution is 0.0939. The number of aromatic nitrogens is 2. The number of carbonyl (C=O) groups is 1. The highest BCUT2D eigenvalue weighted by Crippen LogP contribution is 2.30. The van der Waals surface area contributed by atoms with Crippen LogP contribution in [0.1, 0.15) is 21.6 Å². The van der Waals surface area contributed by atoms with E-state index in [0.29, 0.717) is 32.0 Å². The van der Waals surface area contributed by atoms with Gasteiger partial charge < -0.3 is 19.4 Å². The number of pyridine rings is 1. The highest BCUT2D eigenvalue weighted by molar-refractivity contribution is 6.00. The fraction of sp³-hybridized carbons (Fsp3) is 0.200. The Labute approximate surface area is 181 Å². The molecule has 0 radical (unpaired) electrons. The minimum Gasteiger partial charge on any atom is -0.488 e. The summed E-state index contributed by atoms with van der Waals surface area (Å²) in [5, 5.41) is 3.89. The summed E-state index contributed by atoms with van der Waals surface area (Å²) in [5.74, 6) is 0.601. The number of amides is 1. The lowest BCUT2D eigenvalue weighted by Crippen LogP contribution is -2.26. The van der Waals surface area contributed by atoms with Crippen LogP contribution in [0.15, 0.2) is 79.1 Å². The third-order valence-corrected chi connectivity index (χ3v) is 5.07. The molecular formula is C25H25N3O3. The van der Waals surface area contributed by atoms with Gasteiger partial charge in [0.25, 0.3) is 5.91 Å². The standard InChI is InChI=1S/C25H25N3O3/c1-30-14-13-28-22-10-5-11-24(31-18-19-7-3-2-4-8-19)21(22)15-23(28)25(29)27-17-20-9-6-12-26-16-20/h2-12,15-16H,13-14,17-18H2,1H3,(H,27,29). The van der Waals surface area contributed by atoms with Crippen molar-refractivity contribution in [3.05, 3.63) is 95.9 Å². The summed E-state index contributed by atoms with van der Waals surface area (Å²) in [4.78, 5) is 17.1. The maximum Gasteiger partial charge on any atom is 0.268 e. The Bertz CT molecular complexity index is 1140. The molecule has 1 N–H and O–H groups in total. The second kappa shape index (κ2) is 9.91. The first-order valence-electron chi connectivity index (χ1n) is 10.2. The van der Waals surface area contributed by atoms with E-state index < -0.39 is 0 Å². The van der Waals surface area contributed by atoms with Crippen molar-refractivity contribution in [3.63, 3.8) is 0 Å². The van der Waals surface area contributed by atoms with Gasteiger partial charge in [0.15, 0.2) is 0 Å². The minimum atomic E-state index is -0.148. The fourth-order valence-corrected chi connectivity index (χ4v) is 3.51. The Hall–Kier alpha value is -3.64. The Morgan fingerprint density at radius 2 is 1.87 bits per heavy atom. The predicted molar refractivity (Wildman–Crippen MR) is 120 cm³/mol. The van der Waals surface area contributed by atoms with Crippen LogP contribution in [-0.2, 0) is 24.4 Å². The zero-order valence-corrected chi connectivity index (χ0v) is 17.5. The molecule has 0 unspecified atom stereocenters. The summed E-state index contributed by atoms with van der Waals surface area (Å²) in [6.45, 7) is 1.95. The van der Waals surface area contributed by atoms with Crippen LogP contribution in [0.4, 0.5) is 0 Å². The molecule has 0 aliphatic carbocycles. The zero-order valence-electron chi connectivity index (χ0n) is 17.5. The van der Waals surface area contributed by atoms with Gasteiger partial charge in [-0.15, -0.1) is 0 Å². The van der Waals surface area contributed by atoms with Gasteiger partial charge in [0.1, 0.15) is 18.1 Å². The van der Waals surface area contributed by atoms with Gasteiger partial charge >= 0.3 is 0 Å². The SMILES string of the molecule is COCCn1c(C(=O)NCc2cccnc2)cc2c(OCc3ccccc3)cccc21. The molecule has 6 heteroatoms. The number of ether oxygens (including phenoxy) is 2. The molecule has 0 atom stereocenters. The summed E-state index contributed by atoms with van der Waals surface area (Å²) < 4.78 is 13.4. The van der Waals surface area contributed by atoms with E-state index in [2.05, 4.69) is 10.3 Å². The molecule has 0 saturated carbocycles. The number of hydrogen-bond acceptors (Lipinski definition) is 4. The lowest BCUT2D eigenvalue weighted by atomic mass is 10.2. The summed E-state index contributed by atoms with van der Waals surface area (Å²) >= 11 is 0. The van der Waals surface area contributed by atoms with E-state index in [4.69, 9.17) is 9.47 Å². The summed E-state index contributed by atoms with van der Waals surface area (Å²) in [6, 6.07) is 21.6. The van der Waals surface area contributed by atoms with Gasteiger partial charge in [0.2, 0.25) is 0 Å². The van der Waals surface area contributed by atoms with Crippen LogP contribution in [0.5, 0.6) is 5.75 Å². The maximum absolute atomic E-state index is 13.0. The van der Waals surface area contributed by atoms with E-state index in [0.717, 1.165) is 27.8 Å². The number of carbonyl (C=O) groups excluding carboxylic acids is 1. The number of fused-ring (bicyclic) bond motifs is 1. The summed E-state index contributed by atoms with van der Waals surface area (Å²) in [6.07, 6.45) is 3.46. The van der Waals surface area contributed by atoms with E-state index in [1.165, 1.54) is 0 Å². The zero-order chi connectivity index (χ0) is 21.5. The highest BCUT2D eigenvalue weighted by atomic mass is 16.5. The van der Waals surface area contributed by atoms with E-state index >= 15 is 0 Å². The fourth-order valence-electron chi connectivity index (χ4n) is 3.51. The first-order chi connectivity index (χ1) is 15.3. The van der Waals surface area contributed by atoms with Crippen molar-refractivity contribution in [2.45, 2.75) is 19.7 Å². The summed E-state index contributed by atoms with van der Waals surface area (Å²) in [7, 11) is 1.65. The van der Waals surface area contributed by atoms with E-state index in [9.17, 15) is 4.79 Å². The van der Waals surface area contributed by atoms with Crippen LogP contribution in [0.3, 0.4) is 0 Å². The van der Waals surface area contributed by atoms with Crippen LogP contribution in [0, 0.1) is 0 Å². The molecule has 2 heterocycles. The van der Waals surface area contributed by atoms with Crippen molar-refractivity contribution in [1.82, 2.24) is 14.9 Å². The number of methoxy groups -OCH3 is 1. The van der Waals surface area contributed by atoms with Crippen molar-refractivity contribution < 1.29 is 14.3 Å². The van der Waals surface area contributed by atoms with Gasteiger partial charge in [-0.2, -0.15) is 0 Å². The van der Waals surface area contributed by atoms with Gasteiger partial charge in [-0.25, -0.2) is 0 Å². The largest absolute Gasteiger partial charge is 0.488 e. The molecule has 6 nitrogen and oxygen atoms in total. The average Bonchev–Trinajstić information content (AvgIpc) is 3.20. The second-order valence-electron chi connectivity index (χ2n) is 7.18. The van der Waals surface area contributed by atoms with Crippen molar-refractivity contribution in [3.8, 4) is 5.75 Å². The molecule has 4 aromatic rings. The third-order valence-electron chi connectivity index (χ3n) is 5.07. The van der Waals surface area contributed by atoms with E-state index in [-0.39, 0.29) is 5.91 Å². The van der Waals surface area contributed by atoms with E-state index in [1.807, 2.05) is 71.3 Å². The normalized spacial score (nSPS) is 10.9. The number of nitrogens with one attached hydrogen (secondary N) is 1. The molecule has 4 rings (SSSR count). The molecule has 0 fully saturated rings. The molecule has 1 amide bonds. The van der Waals surface area contributed by atoms with Crippen LogP contribution in [0.2, 0.25) is 0 Å². The molecule has 0 saturated heterocycles. The van der Waals surface area contributed by atoms with Gasteiger partial charge in [-0.1, -0.05) is 42.5 Å². The molecule has 158 valence electrons. The molecule has 0 spiro atoms. The van der Waals surface area contributed by atoms with Crippen LogP contribution in [0.25, 0.3) is 10.9 Å². The highest BCUT2D eigenvalue weighted by Gasteiger charge is 2.18. The molecular weight excluding hydrogens is 390 g/mol. The lowest BCUT2D eigenvalue weighted by Gasteiger charge is -2.11. The number of hydrogen-bond donors (Lipinski definition) is 1. The second-order valence-corrected chi connectivity index (χ2v) is 7.18. The molecule has 2 aromatic heterocycles. The molecule has 0 bridgehead atoms. The summed E-state index contributed by atoms with van der Waals surface area (Å²) in [5.41, 5.74) is 3.55. The van der Waals surface area contributed by atoms with Crippen molar-refractivity contribution >= 4 is 16.8 Å².